The van der Waals surface area contributed by atoms with Gasteiger partial charge in [0.2, 0.25) is 0 Å². The molecule has 21 heavy (non-hydrogen) atoms. The minimum absolute atomic E-state index is 0.0366. The predicted octanol–water partition coefficient (Wildman–Crippen LogP) is 2.10. The van der Waals surface area contributed by atoms with Gasteiger partial charge in [-0.15, -0.1) is 0 Å². The van der Waals surface area contributed by atoms with Crippen molar-refractivity contribution in [2.24, 2.45) is 17.8 Å². The van der Waals surface area contributed by atoms with Gasteiger partial charge in [-0.25, -0.2) is 4.79 Å². The Morgan fingerprint density at radius 3 is 2.29 bits per heavy atom. The maximum absolute atomic E-state index is 11.6. The summed E-state index contributed by atoms with van der Waals surface area (Å²) in [6.45, 7) is 10.2. The second kappa shape index (κ2) is 11.4. The van der Waals surface area contributed by atoms with Gasteiger partial charge in [-0.1, -0.05) is 27.7 Å². The number of nitrogens with one attached hydrogen (secondary N) is 2. The quantitative estimate of drug-likeness (QED) is 0.510. The fourth-order valence-electron chi connectivity index (χ4n) is 2.01. The zero-order chi connectivity index (χ0) is 16.3. The first-order chi connectivity index (χ1) is 9.81. The van der Waals surface area contributed by atoms with Crippen LogP contribution in [0.25, 0.3) is 0 Å². The smallest absolute Gasteiger partial charge is 0.314 e. The molecular weight excluding hydrogens is 272 g/mol. The predicted molar refractivity (Wildman–Crippen MR) is 82.3 cm³/mol. The molecular formula is C15H30N2O4. The number of urea groups is 1. The van der Waals surface area contributed by atoms with Gasteiger partial charge >= 0.3 is 12.0 Å². The molecule has 6 nitrogen and oxygen atoms in total. The Bertz CT molecular complexity index is 306. The first kappa shape index (κ1) is 19.7. The lowest BCUT2D eigenvalue weighted by atomic mass is 9.94. The van der Waals surface area contributed by atoms with Crippen molar-refractivity contribution in [1.82, 2.24) is 10.6 Å². The highest BCUT2D eigenvalue weighted by molar-refractivity contribution is 5.74. The van der Waals surface area contributed by atoms with Crippen LogP contribution in [-0.2, 0) is 9.53 Å². The van der Waals surface area contributed by atoms with E-state index in [0.717, 1.165) is 6.42 Å². The molecule has 0 aliphatic rings. The lowest BCUT2D eigenvalue weighted by Gasteiger charge is -2.18. The van der Waals surface area contributed by atoms with Crippen LogP contribution < -0.4 is 10.6 Å². The highest BCUT2D eigenvalue weighted by Gasteiger charge is 2.15. The van der Waals surface area contributed by atoms with Gasteiger partial charge in [0.1, 0.15) is 0 Å². The van der Waals surface area contributed by atoms with Gasteiger partial charge in [-0.2, -0.15) is 0 Å². The number of rotatable bonds is 11. The lowest BCUT2D eigenvalue weighted by molar-refractivity contribution is -0.138. The molecule has 0 spiro atoms. The van der Waals surface area contributed by atoms with Gasteiger partial charge in [0, 0.05) is 26.1 Å². The third-order valence-corrected chi connectivity index (χ3v) is 2.80. The van der Waals surface area contributed by atoms with Crippen LogP contribution in [0.3, 0.4) is 0 Å². The Balaban J connectivity index is 3.83. The Morgan fingerprint density at radius 1 is 1.10 bits per heavy atom. The number of carbonyl (C=O) groups excluding carboxylic acids is 1. The molecule has 1 atom stereocenters. The van der Waals surface area contributed by atoms with Crippen molar-refractivity contribution in [3.63, 3.8) is 0 Å². The highest BCUT2D eigenvalue weighted by Crippen LogP contribution is 2.14. The van der Waals surface area contributed by atoms with Crippen molar-refractivity contribution in [2.45, 2.75) is 40.5 Å². The number of carbonyl (C=O) groups is 2. The molecule has 0 aromatic carbocycles. The summed E-state index contributed by atoms with van der Waals surface area (Å²) < 4.78 is 5.36. The number of hydrogen-bond donors (Lipinski definition) is 3. The first-order valence-electron chi connectivity index (χ1n) is 7.62. The fourth-order valence-corrected chi connectivity index (χ4v) is 2.01. The summed E-state index contributed by atoms with van der Waals surface area (Å²) in [6.07, 6.45) is 0.861. The van der Waals surface area contributed by atoms with E-state index in [0.29, 0.717) is 38.1 Å². The van der Waals surface area contributed by atoms with Gasteiger partial charge in [-0.05, 0) is 24.2 Å². The molecule has 1 unspecified atom stereocenters. The summed E-state index contributed by atoms with van der Waals surface area (Å²) in [7, 11) is 0. The third-order valence-electron chi connectivity index (χ3n) is 2.80. The molecule has 0 saturated carbocycles. The topological polar surface area (TPSA) is 87.7 Å². The molecule has 2 amide bonds. The Kier molecular flexibility index (Phi) is 10.7. The Morgan fingerprint density at radius 2 is 1.76 bits per heavy atom. The Labute approximate surface area is 127 Å². The number of carboxylic acid groups (broad SMARTS) is 1. The van der Waals surface area contributed by atoms with Crippen molar-refractivity contribution >= 4 is 12.0 Å². The molecule has 0 rings (SSSR count). The summed E-state index contributed by atoms with van der Waals surface area (Å²) in [5.41, 5.74) is 0. The standard InChI is InChI=1S/C15H30N2O4/c1-11(2)7-13(8-14(18)19)9-17-15(20)16-5-6-21-10-12(3)4/h11-13H,5-10H2,1-4H3,(H,18,19)(H2,16,17,20). The summed E-state index contributed by atoms with van der Waals surface area (Å²) >= 11 is 0. The van der Waals surface area contributed by atoms with Gasteiger partial charge < -0.3 is 20.5 Å². The third kappa shape index (κ3) is 13.4. The Hall–Kier alpha value is -1.30. The molecule has 0 bridgehead atoms. The molecule has 0 radical (unpaired) electrons. The normalized spacial score (nSPS) is 12.5. The maximum Gasteiger partial charge on any atom is 0.314 e. The zero-order valence-corrected chi connectivity index (χ0v) is 13.6. The molecule has 124 valence electrons. The first-order valence-corrected chi connectivity index (χ1v) is 7.62. The molecule has 0 aromatic rings. The highest BCUT2D eigenvalue weighted by atomic mass is 16.5. The second-order valence-corrected chi connectivity index (χ2v) is 6.20. The summed E-state index contributed by atoms with van der Waals surface area (Å²) in [4.78, 5) is 22.4. The van der Waals surface area contributed by atoms with Gasteiger partial charge in [0.15, 0.2) is 0 Å². The van der Waals surface area contributed by atoms with Crippen LogP contribution in [0.1, 0.15) is 40.5 Å². The number of aliphatic carboxylic acids is 1. The monoisotopic (exact) mass is 302 g/mol. The lowest BCUT2D eigenvalue weighted by Crippen LogP contribution is -2.40. The molecule has 0 aliphatic heterocycles. The summed E-state index contributed by atoms with van der Waals surface area (Å²) in [5, 5.41) is 14.3. The van der Waals surface area contributed by atoms with Gasteiger partial charge in [0.25, 0.3) is 0 Å². The SMILES string of the molecule is CC(C)COCCNC(=O)NCC(CC(=O)O)CC(C)C. The molecule has 0 aliphatic carbocycles. The fraction of sp³-hybridized carbons (Fsp3) is 0.867. The van der Waals surface area contributed by atoms with E-state index < -0.39 is 5.97 Å². The van der Waals surface area contributed by atoms with Crippen LogP contribution in [0, 0.1) is 17.8 Å². The molecule has 0 fully saturated rings. The second-order valence-electron chi connectivity index (χ2n) is 6.20. The minimum atomic E-state index is -0.829. The molecule has 0 aromatic heterocycles. The largest absolute Gasteiger partial charge is 0.481 e. The van der Waals surface area contributed by atoms with Crippen LogP contribution in [-0.4, -0.2) is 43.4 Å². The van der Waals surface area contributed by atoms with E-state index in [4.69, 9.17) is 9.84 Å². The molecule has 0 heterocycles. The number of ether oxygens (including phenoxy) is 1. The van der Waals surface area contributed by atoms with Crippen molar-refractivity contribution in [3.05, 3.63) is 0 Å². The van der Waals surface area contributed by atoms with Crippen LogP contribution in [0.2, 0.25) is 0 Å². The van der Waals surface area contributed by atoms with Gasteiger partial charge in [0.05, 0.1) is 6.61 Å². The van der Waals surface area contributed by atoms with E-state index in [1.54, 1.807) is 0 Å². The van der Waals surface area contributed by atoms with E-state index in [1.165, 1.54) is 0 Å². The van der Waals surface area contributed by atoms with Crippen LogP contribution in [0.5, 0.6) is 0 Å². The summed E-state index contributed by atoms with van der Waals surface area (Å²) in [5.74, 6) is 0.0191. The number of hydrogen-bond acceptors (Lipinski definition) is 3. The van der Waals surface area contributed by atoms with Crippen LogP contribution >= 0.6 is 0 Å². The maximum atomic E-state index is 11.6. The molecule has 6 heteroatoms. The van der Waals surface area contributed by atoms with E-state index in [1.807, 2.05) is 13.8 Å². The van der Waals surface area contributed by atoms with Crippen LogP contribution in [0.4, 0.5) is 4.79 Å². The number of carboxylic acids is 1. The average molecular weight is 302 g/mol. The molecule has 0 saturated heterocycles. The molecule has 3 N–H and O–H groups in total. The van der Waals surface area contributed by atoms with Crippen LogP contribution in [0.15, 0.2) is 0 Å². The van der Waals surface area contributed by atoms with E-state index in [-0.39, 0.29) is 18.4 Å². The van der Waals surface area contributed by atoms with E-state index in [2.05, 4.69) is 24.5 Å². The van der Waals surface area contributed by atoms with Gasteiger partial charge in [-0.3, -0.25) is 4.79 Å². The zero-order valence-electron chi connectivity index (χ0n) is 13.6. The van der Waals surface area contributed by atoms with E-state index in [9.17, 15) is 9.59 Å². The average Bonchev–Trinajstić information content (AvgIpc) is 2.33. The number of amides is 2. The van der Waals surface area contributed by atoms with E-state index >= 15 is 0 Å². The van der Waals surface area contributed by atoms with Crippen molar-refractivity contribution in [3.8, 4) is 0 Å². The van der Waals surface area contributed by atoms with Crippen molar-refractivity contribution in [1.29, 1.82) is 0 Å². The van der Waals surface area contributed by atoms with Crippen molar-refractivity contribution in [2.75, 3.05) is 26.3 Å². The minimum Gasteiger partial charge on any atom is -0.481 e. The summed E-state index contributed by atoms with van der Waals surface area (Å²) in [6, 6.07) is -0.276. The van der Waals surface area contributed by atoms with Crippen molar-refractivity contribution < 1.29 is 19.4 Å².